The maximum Gasteiger partial charge on any atom is 0.228 e. The molecule has 0 bridgehead atoms. The topological polar surface area (TPSA) is 32.3 Å². The Labute approximate surface area is 158 Å². The lowest BCUT2D eigenvalue weighted by molar-refractivity contribution is -0.121. The molecule has 0 spiro atoms. The van der Waals surface area contributed by atoms with Gasteiger partial charge in [-0.2, -0.15) is 0 Å². The highest BCUT2D eigenvalue weighted by Gasteiger charge is 2.26. The number of nitrogens with one attached hydrogen (secondary N) is 1. The van der Waals surface area contributed by atoms with Crippen LogP contribution in [0.5, 0.6) is 0 Å². The molecule has 1 saturated heterocycles. The molecule has 4 rings (SSSR count). The lowest BCUT2D eigenvalue weighted by atomic mass is 9.96. The molecule has 1 aliphatic heterocycles. The van der Waals surface area contributed by atoms with Crippen molar-refractivity contribution in [2.24, 2.45) is 5.92 Å². The second-order valence-electron chi connectivity index (χ2n) is 7.22. The number of anilines is 1. The van der Waals surface area contributed by atoms with Gasteiger partial charge in [-0.1, -0.05) is 48.5 Å². The van der Waals surface area contributed by atoms with E-state index in [1.165, 1.54) is 12.1 Å². The molecule has 0 unspecified atom stereocenters. The van der Waals surface area contributed by atoms with Crippen LogP contribution in [0.15, 0.2) is 66.7 Å². The molecular formula is C23H23FN2O. The number of halogens is 1. The zero-order valence-corrected chi connectivity index (χ0v) is 15.2. The number of carbonyl (C=O) groups is 1. The van der Waals surface area contributed by atoms with E-state index in [-0.39, 0.29) is 17.6 Å². The number of fused-ring (bicyclic) bond motifs is 1. The van der Waals surface area contributed by atoms with E-state index in [1.54, 1.807) is 0 Å². The van der Waals surface area contributed by atoms with Gasteiger partial charge in [0.2, 0.25) is 5.91 Å². The van der Waals surface area contributed by atoms with Crippen molar-refractivity contribution in [1.29, 1.82) is 0 Å². The molecule has 27 heavy (non-hydrogen) atoms. The van der Waals surface area contributed by atoms with Crippen LogP contribution in [-0.4, -0.2) is 23.9 Å². The van der Waals surface area contributed by atoms with Gasteiger partial charge in [0.1, 0.15) is 5.82 Å². The van der Waals surface area contributed by atoms with Crippen molar-refractivity contribution in [2.45, 2.75) is 19.4 Å². The summed E-state index contributed by atoms with van der Waals surface area (Å²) in [5, 5.41) is 5.32. The van der Waals surface area contributed by atoms with E-state index < -0.39 is 0 Å². The van der Waals surface area contributed by atoms with Gasteiger partial charge in [-0.05, 0) is 48.5 Å². The molecular weight excluding hydrogens is 339 g/mol. The van der Waals surface area contributed by atoms with E-state index in [0.717, 1.165) is 54.5 Å². The summed E-state index contributed by atoms with van der Waals surface area (Å²) in [7, 11) is 0. The monoisotopic (exact) mass is 362 g/mol. The van der Waals surface area contributed by atoms with Crippen LogP contribution >= 0.6 is 0 Å². The molecule has 1 fully saturated rings. The average molecular weight is 362 g/mol. The number of hydrogen-bond donors (Lipinski definition) is 1. The van der Waals surface area contributed by atoms with Crippen LogP contribution in [0.4, 0.5) is 10.1 Å². The number of benzene rings is 3. The maximum atomic E-state index is 13.1. The number of piperidine rings is 1. The first-order valence-electron chi connectivity index (χ1n) is 9.44. The Morgan fingerprint density at radius 1 is 1.04 bits per heavy atom. The van der Waals surface area contributed by atoms with Crippen LogP contribution in [0, 0.1) is 11.7 Å². The molecule has 0 radical (unpaired) electrons. The van der Waals surface area contributed by atoms with Gasteiger partial charge in [-0.3, -0.25) is 9.69 Å². The van der Waals surface area contributed by atoms with Crippen molar-refractivity contribution >= 4 is 22.4 Å². The van der Waals surface area contributed by atoms with E-state index in [2.05, 4.69) is 22.3 Å². The van der Waals surface area contributed by atoms with Crippen LogP contribution in [-0.2, 0) is 11.3 Å². The van der Waals surface area contributed by atoms with Gasteiger partial charge in [-0.15, -0.1) is 0 Å². The number of likely N-dealkylation sites (tertiary alicyclic amines) is 1. The maximum absolute atomic E-state index is 13.1. The number of nitrogens with zero attached hydrogens (tertiary/aromatic N) is 1. The number of hydrogen-bond acceptors (Lipinski definition) is 2. The Hall–Kier alpha value is -2.72. The first-order chi connectivity index (χ1) is 13.2. The van der Waals surface area contributed by atoms with E-state index in [9.17, 15) is 9.18 Å². The zero-order valence-electron chi connectivity index (χ0n) is 15.2. The van der Waals surface area contributed by atoms with Gasteiger partial charge >= 0.3 is 0 Å². The van der Waals surface area contributed by atoms with Gasteiger partial charge in [-0.25, -0.2) is 4.39 Å². The van der Waals surface area contributed by atoms with Crippen molar-refractivity contribution in [3.8, 4) is 0 Å². The molecule has 1 amide bonds. The van der Waals surface area contributed by atoms with Crippen molar-refractivity contribution in [3.05, 3.63) is 78.1 Å². The third-order valence-corrected chi connectivity index (χ3v) is 5.24. The van der Waals surface area contributed by atoms with E-state index in [4.69, 9.17) is 0 Å². The average Bonchev–Trinajstić information content (AvgIpc) is 2.70. The van der Waals surface area contributed by atoms with Crippen molar-refractivity contribution in [3.63, 3.8) is 0 Å². The highest BCUT2D eigenvalue weighted by molar-refractivity contribution is 6.02. The van der Waals surface area contributed by atoms with Crippen LogP contribution < -0.4 is 5.32 Å². The Kier molecular flexibility index (Phi) is 5.16. The van der Waals surface area contributed by atoms with Gasteiger partial charge in [0.05, 0.1) is 5.92 Å². The second-order valence-corrected chi connectivity index (χ2v) is 7.22. The fourth-order valence-electron chi connectivity index (χ4n) is 3.83. The molecule has 1 aliphatic rings. The van der Waals surface area contributed by atoms with Crippen LogP contribution in [0.25, 0.3) is 10.8 Å². The summed E-state index contributed by atoms with van der Waals surface area (Å²) < 4.78 is 13.1. The SMILES string of the molecule is O=C(Nc1cccc2ccccc12)[C@H]1CCCN(Cc2ccc(F)cc2)C1. The highest BCUT2D eigenvalue weighted by Crippen LogP contribution is 2.25. The van der Waals surface area contributed by atoms with E-state index in [1.807, 2.05) is 42.5 Å². The van der Waals surface area contributed by atoms with Crippen molar-refractivity contribution in [1.82, 2.24) is 4.90 Å². The quantitative estimate of drug-likeness (QED) is 0.721. The predicted octanol–water partition coefficient (Wildman–Crippen LogP) is 4.83. The Morgan fingerprint density at radius 2 is 1.81 bits per heavy atom. The van der Waals surface area contributed by atoms with E-state index >= 15 is 0 Å². The molecule has 0 aromatic heterocycles. The van der Waals surface area contributed by atoms with Crippen molar-refractivity contribution < 1.29 is 9.18 Å². The summed E-state index contributed by atoms with van der Waals surface area (Å²) in [4.78, 5) is 15.1. The smallest absolute Gasteiger partial charge is 0.228 e. The van der Waals surface area contributed by atoms with Gasteiger partial charge in [0.25, 0.3) is 0 Å². The Balaban J connectivity index is 1.43. The minimum Gasteiger partial charge on any atom is -0.325 e. The largest absolute Gasteiger partial charge is 0.325 e. The summed E-state index contributed by atoms with van der Waals surface area (Å²) >= 11 is 0. The fraction of sp³-hybridized carbons (Fsp3) is 0.261. The summed E-state index contributed by atoms with van der Waals surface area (Å²) in [5.74, 6) is -0.168. The van der Waals surface area contributed by atoms with Gasteiger partial charge < -0.3 is 5.32 Å². The zero-order chi connectivity index (χ0) is 18.6. The molecule has 1 N–H and O–H groups in total. The third-order valence-electron chi connectivity index (χ3n) is 5.24. The van der Waals surface area contributed by atoms with Crippen LogP contribution in [0.2, 0.25) is 0 Å². The molecule has 3 aromatic carbocycles. The van der Waals surface area contributed by atoms with Crippen molar-refractivity contribution in [2.75, 3.05) is 18.4 Å². The Morgan fingerprint density at radius 3 is 2.67 bits per heavy atom. The molecule has 0 saturated carbocycles. The summed E-state index contributed by atoms with van der Waals surface area (Å²) in [6.45, 7) is 2.45. The summed E-state index contributed by atoms with van der Waals surface area (Å²) in [6, 6.07) is 20.7. The van der Waals surface area contributed by atoms with E-state index in [0.29, 0.717) is 0 Å². The third kappa shape index (κ3) is 4.17. The number of carbonyl (C=O) groups excluding carboxylic acids is 1. The lowest BCUT2D eigenvalue weighted by Gasteiger charge is -2.32. The molecule has 3 nitrogen and oxygen atoms in total. The molecule has 1 heterocycles. The molecule has 1 atom stereocenters. The minimum absolute atomic E-state index is 0.0295. The minimum atomic E-state index is -0.218. The van der Waals surface area contributed by atoms with Gasteiger partial charge in [0, 0.05) is 24.2 Å². The van der Waals surface area contributed by atoms with Gasteiger partial charge in [0.15, 0.2) is 0 Å². The number of amides is 1. The fourth-order valence-corrected chi connectivity index (χ4v) is 3.83. The van der Waals surface area contributed by atoms with Crippen LogP contribution in [0.3, 0.4) is 0 Å². The molecule has 3 aromatic rings. The lowest BCUT2D eigenvalue weighted by Crippen LogP contribution is -2.40. The Bertz CT molecular complexity index is 933. The predicted molar refractivity (Wildman–Crippen MR) is 107 cm³/mol. The van der Waals surface area contributed by atoms with Crippen LogP contribution in [0.1, 0.15) is 18.4 Å². The molecule has 0 aliphatic carbocycles. The number of rotatable bonds is 4. The summed E-state index contributed by atoms with van der Waals surface area (Å²) in [6.07, 6.45) is 1.89. The molecule has 4 heteroatoms. The normalized spacial score (nSPS) is 17.7. The highest BCUT2D eigenvalue weighted by atomic mass is 19.1. The molecule has 138 valence electrons. The summed E-state index contributed by atoms with van der Waals surface area (Å²) in [5.41, 5.74) is 1.94. The standard InChI is InChI=1S/C23H23FN2O/c24-20-12-10-17(11-13-20)15-26-14-4-7-19(16-26)23(27)25-22-9-3-6-18-5-1-2-8-21(18)22/h1-3,5-6,8-13,19H,4,7,14-16H2,(H,25,27)/t19-/m0/s1. The first-order valence-corrected chi connectivity index (χ1v) is 9.44. The first kappa shape index (κ1) is 17.7. The second kappa shape index (κ2) is 7.89.